The molecule has 3 aromatic rings. The normalized spacial score (nSPS) is 12.8. The third kappa shape index (κ3) is 4.75. The summed E-state index contributed by atoms with van der Waals surface area (Å²) in [6, 6.07) is 16.3. The van der Waals surface area contributed by atoms with E-state index >= 15 is 0 Å². The fourth-order valence-corrected chi connectivity index (χ4v) is 2.81. The van der Waals surface area contributed by atoms with Crippen LogP contribution in [-0.4, -0.2) is 29.4 Å². The highest BCUT2D eigenvalue weighted by Gasteiger charge is 2.16. The number of anilines is 1. The van der Waals surface area contributed by atoms with Crippen LogP contribution in [0.5, 0.6) is 0 Å². The van der Waals surface area contributed by atoms with Crippen LogP contribution in [0.15, 0.2) is 64.1 Å². The zero-order valence-electron chi connectivity index (χ0n) is 15.6. The molecular weight excluding hydrogens is 359 g/mol. The van der Waals surface area contributed by atoms with Crippen molar-refractivity contribution >= 4 is 11.8 Å². The number of aliphatic hydroxyl groups excluding tert-OH is 1. The van der Waals surface area contributed by atoms with Crippen LogP contribution < -0.4 is 11.1 Å². The number of aliphatic imine (C=N–C) groups is 1. The van der Waals surface area contributed by atoms with Crippen LogP contribution in [0.2, 0.25) is 0 Å². The van der Waals surface area contributed by atoms with Gasteiger partial charge >= 0.3 is 0 Å². The highest BCUT2D eigenvalue weighted by molar-refractivity contribution is 5.90. The first-order valence-electron chi connectivity index (χ1n) is 9.07. The lowest BCUT2D eigenvalue weighted by atomic mass is 9.95. The Kier molecular flexibility index (Phi) is 6.39. The highest BCUT2D eigenvalue weighted by atomic mass is 19.1. The van der Waals surface area contributed by atoms with Crippen LogP contribution >= 0.6 is 0 Å². The third-order valence-electron chi connectivity index (χ3n) is 4.40. The van der Waals surface area contributed by atoms with Gasteiger partial charge < -0.3 is 15.4 Å². The predicted molar refractivity (Wildman–Crippen MR) is 108 cm³/mol. The summed E-state index contributed by atoms with van der Waals surface area (Å²) in [6.07, 6.45) is 0.533. The summed E-state index contributed by atoms with van der Waals surface area (Å²) in [6.45, 7) is 2.40. The third-order valence-corrected chi connectivity index (χ3v) is 4.40. The van der Waals surface area contributed by atoms with Gasteiger partial charge in [0, 0.05) is 30.7 Å². The number of benzene rings is 2. The van der Waals surface area contributed by atoms with Gasteiger partial charge in [0.05, 0.1) is 5.69 Å². The second-order valence-electron chi connectivity index (χ2n) is 6.41. The Morgan fingerprint density at radius 2 is 2.04 bits per heavy atom. The molecule has 0 aliphatic heterocycles. The maximum atomic E-state index is 14.6. The number of hydrogen-bond donors (Lipinski definition) is 3. The van der Waals surface area contributed by atoms with Crippen LogP contribution in [0.4, 0.5) is 10.3 Å². The zero-order valence-corrected chi connectivity index (χ0v) is 15.6. The van der Waals surface area contributed by atoms with Gasteiger partial charge in [0.1, 0.15) is 5.82 Å². The summed E-state index contributed by atoms with van der Waals surface area (Å²) in [7, 11) is 0. The molecule has 7 heteroatoms. The van der Waals surface area contributed by atoms with Crippen molar-refractivity contribution in [3.63, 3.8) is 0 Å². The largest absolute Gasteiger partial charge is 0.396 e. The van der Waals surface area contributed by atoms with Crippen molar-refractivity contribution < 1.29 is 14.0 Å². The number of guanidine groups is 1. The maximum absolute atomic E-state index is 14.6. The average Bonchev–Trinajstić information content (AvgIpc) is 3.16. The van der Waals surface area contributed by atoms with Crippen molar-refractivity contribution in [1.82, 2.24) is 5.16 Å². The second kappa shape index (κ2) is 9.14. The standard InChI is InChI=1S/C21H23FN4O2/c1-14(19-13-20(28-26-19)25-21(23)24-10-5-11-27)16-8-9-17(18(22)12-16)15-6-3-2-4-7-15/h2-4,6-9,12-14,27H,5,10-11H2,1H3,(H3,23,24,25). The Labute approximate surface area is 162 Å². The highest BCUT2D eigenvalue weighted by Crippen LogP contribution is 2.29. The van der Waals surface area contributed by atoms with E-state index in [1.54, 1.807) is 12.1 Å². The van der Waals surface area contributed by atoms with Crippen LogP contribution in [0.1, 0.15) is 30.5 Å². The predicted octanol–water partition coefficient (Wildman–Crippen LogP) is 3.74. The molecule has 0 fully saturated rings. The molecule has 28 heavy (non-hydrogen) atoms. The van der Waals surface area contributed by atoms with Crippen molar-refractivity contribution in [2.75, 3.05) is 18.5 Å². The molecule has 0 aliphatic rings. The van der Waals surface area contributed by atoms with Crippen LogP contribution in [0.25, 0.3) is 11.1 Å². The van der Waals surface area contributed by atoms with Gasteiger partial charge in [0.15, 0.2) is 5.96 Å². The SMILES string of the molecule is CC(c1ccc(-c2ccccc2)c(F)c1)c1cc(NC(N)=NCCCO)on1. The first-order valence-corrected chi connectivity index (χ1v) is 9.07. The first kappa shape index (κ1) is 19.6. The molecule has 0 aliphatic carbocycles. The second-order valence-corrected chi connectivity index (χ2v) is 6.41. The summed E-state index contributed by atoms with van der Waals surface area (Å²) in [5.74, 6) is 0.0966. The monoisotopic (exact) mass is 382 g/mol. The number of hydrogen-bond acceptors (Lipinski definition) is 4. The van der Waals surface area contributed by atoms with Gasteiger partial charge in [-0.05, 0) is 23.6 Å². The number of nitrogens with zero attached hydrogens (tertiary/aromatic N) is 2. The minimum atomic E-state index is -0.280. The van der Waals surface area contributed by atoms with Crippen molar-refractivity contribution in [2.45, 2.75) is 19.3 Å². The molecule has 146 valence electrons. The molecule has 6 nitrogen and oxygen atoms in total. The molecule has 1 atom stereocenters. The van der Waals surface area contributed by atoms with E-state index in [0.29, 0.717) is 30.1 Å². The molecule has 0 saturated heterocycles. The minimum absolute atomic E-state index is 0.0559. The van der Waals surface area contributed by atoms with Crippen molar-refractivity contribution in [3.05, 3.63) is 71.7 Å². The number of halogens is 1. The summed E-state index contributed by atoms with van der Waals surface area (Å²) < 4.78 is 19.9. The van der Waals surface area contributed by atoms with Crippen molar-refractivity contribution in [3.8, 4) is 11.1 Å². The lowest BCUT2D eigenvalue weighted by molar-refractivity contribution is 0.291. The Morgan fingerprint density at radius 3 is 2.75 bits per heavy atom. The fraction of sp³-hybridized carbons (Fsp3) is 0.238. The van der Waals surface area contributed by atoms with Crippen molar-refractivity contribution in [1.29, 1.82) is 0 Å². The Hall–Kier alpha value is -3.19. The zero-order chi connectivity index (χ0) is 19.9. The molecule has 1 unspecified atom stereocenters. The minimum Gasteiger partial charge on any atom is -0.396 e. The summed E-state index contributed by atoms with van der Waals surface area (Å²) in [5.41, 5.74) is 8.60. The molecule has 0 saturated carbocycles. The van der Waals surface area contributed by atoms with Gasteiger partial charge in [-0.3, -0.25) is 10.3 Å². The summed E-state index contributed by atoms with van der Waals surface area (Å²) >= 11 is 0. The van der Waals surface area contributed by atoms with Crippen molar-refractivity contribution in [2.24, 2.45) is 10.7 Å². The molecule has 1 aromatic heterocycles. The van der Waals surface area contributed by atoms with Gasteiger partial charge in [0.2, 0.25) is 5.88 Å². The van der Waals surface area contributed by atoms with E-state index in [4.69, 9.17) is 15.4 Å². The smallest absolute Gasteiger partial charge is 0.231 e. The number of rotatable bonds is 7. The van der Waals surface area contributed by atoms with E-state index < -0.39 is 0 Å². The molecule has 2 aromatic carbocycles. The maximum Gasteiger partial charge on any atom is 0.231 e. The van der Waals surface area contributed by atoms with E-state index in [1.807, 2.05) is 43.3 Å². The molecule has 1 heterocycles. The van der Waals surface area contributed by atoms with E-state index in [2.05, 4.69) is 15.5 Å². The van der Waals surface area contributed by atoms with Gasteiger partial charge in [-0.1, -0.05) is 54.5 Å². The number of nitrogens with one attached hydrogen (secondary N) is 1. The Balaban J connectivity index is 1.72. The fourth-order valence-electron chi connectivity index (χ4n) is 2.81. The lowest BCUT2D eigenvalue weighted by Gasteiger charge is -2.11. The summed E-state index contributed by atoms with van der Waals surface area (Å²) in [5, 5.41) is 15.6. The molecule has 0 bridgehead atoms. The van der Waals surface area contributed by atoms with E-state index in [9.17, 15) is 4.39 Å². The average molecular weight is 382 g/mol. The van der Waals surface area contributed by atoms with Gasteiger partial charge in [-0.15, -0.1) is 0 Å². The van der Waals surface area contributed by atoms with E-state index in [1.165, 1.54) is 6.07 Å². The molecular formula is C21H23FN4O2. The molecule has 0 spiro atoms. The lowest BCUT2D eigenvalue weighted by Crippen LogP contribution is -2.22. The molecule has 0 amide bonds. The first-order chi connectivity index (χ1) is 13.6. The van der Waals surface area contributed by atoms with Crippen LogP contribution in [0, 0.1) is 5.82 Å². The number of aliphatic hydroxyl groups is 1. The van der Waals surface area contributed by atoms with E-state index in [0.717, 1.165) is 11.1 Å². The molecule has 4 N–H and O–H groups in total. The quantitative estimate of drug-likeness (QED) is 0.329. The summed E-state index contributed by atoms with van der Waals surface area (Å²) in [4.78, 5) is 4.06. The van der Waals surface area contributed by atoms with Gasteiger partial charge in [0.25, 0.3) is 0 Å². The number of aromatic nitrogens is 1. The van der Waals surface area contributed by atoms with Gasteiger partial charge in [-0.25, -0.2) is 4.39 Å². The van der Waals surface area contributed by atoms with Crippen LogP contribution in [-0.2, 0) is 0 Å². The Bertz CT molecular complexity index is 941. The van der Waals surface area contributed by atoms with E-state index in [-0.39, 0.29) is 24.3 Å². The number of nitrogens with two attached hydrogens (primary N) is 1. The molecule has 3 rings (SSSR count). The van der Waals surface area contributed by atoms with Crippen LogP contribution in [0.3, 0.4) is 0 Å². The topological polar surface area (TPSA) is 96.7 Å². The Morgan fingerprint density at radius 1 is 1.25 bits per heavy atom. The molecule has 0 radical (unpaired) electrons. The van der Waals surface area contributed by atoms with Gasteiger partial charge in [-0.2, -0.15) is 0 Å².